The summed E-state index contributed by atoms with van der Waals surface area (Å²) in [5.74, 6) is 2.78. The maximum absolute atomic E-state index is 13.9. The van der Waals surface area contributed by atoms with E-state index in [1.54, 1.807) is 13.3 Å². The van der Waals surface area contributed by atoms with Gasteiger partial charge in [0.1, 0.15) is 17.5 Å². The maximum atomic E-state index is 13.9. The molecule has 2 aromatic heterocycles. The summed E-state index contributed by atoms with van der Waals surface area (Å²) in [6.45, 7) is 4.77. The van der Waals surface area contributed by atoms with E-state index in [4.69, 9.17) is 4.74 Å². The molecule has 1 fully saturated rings. The lowest BCUT2D eigenvalue weighted by Gasteiger charge is -2.33. The molecule has 6 rings (SSSR count). The molecule has 1 aromatic carbocycles. The van der Waals surface area contributed by atoms with Crippen LogP contribution in [0.5, 0.6) is 0 Å². The Labute approximate surface area is 205 Å². The highest BCUT2D eigenvalue weighted by molar-refractivity contribution is 6.00. The van der Waals surface area contributed by atoms with Crippen molar-refractivity contribution in [3.8, 4) is 0 Å². The van der Waals surface area contributed by atoms with Gasteiger partial charge in [0, 0.05) is 37.0 Å². The molecule has 1 aliphatic carbocycles. The van der Waals surface area contributed by atoms with Crippen molar-refractivity contribution in [1.29, 1.82) is 0 Å². The van der Waals surface area contributed by atoms with Gasteiger partial charge in [-0.1, -0.05) is 6.07 Å². The molecule has 3 aromatic rings. The number of rotatable bonds is 3. The molecule has 0 spiro atoms. The molecule has 0 atom stereocenters. The van der Waals surface area contributed by atoms with Gasteiger partial charge in [0.25, 0.3) is 0 Å². The number of benzene rings is 1. The van der Waals surface area contributed by atoms with E-state index in [2.05, 4.69) is 43.5 Å². The Morgan fingerprint density at radius 3 is 2.80 bits per heavy atom. The summed E-state index contributed by atoms with van der Waals surface area (Å²) in [5, 5.41) is 7.97. The third-order valence-corrected chi connectivity index (χ3v) is 7.50. The number of fused-ring (bicyclic) bond motifs is 3. The summed E-state index contributed by atoms with van der Waals surface area (Å²) in [7, 11) is 1.76. The van der Waals surface area contributed by atoms with Crippen LogP contribution in [0.1, 0.15) is 42.9 Å². The Kier molecular flexibility index (Phi) is 5.64. The number of aryl methyl sites for hydroxylation is 1. The van der Waals surface area contributed by atoms with Gasteiger partial charge in [-0.05, 0) is 56.9 Å². The largest absolute Gasteiger partial charge is 0.381 e. The van der Waals surface area contributed by atoms with Gasteiger partial charge in [-0.3, -0.25) is 4.79 Å². The van der Waals surface area contributed by atoms with Crippen LogP contribution in [0.4, 0.5) is 22.9 Å². The fraction of sp³-hybridized carbons (Fsp3) is 0.462. The van der Waals surface area contributed by atoms with Gasteiger partial charge < -0.3 is 19.9 Å². The van der Waals surface area contributed by atoms with E-state index >= 15 is 0 Å². The highest BCUT2D eigenvalue weighted by atomic mass is 16.5. The van der Waals surface area contributed by atoms with Crippen LogP contribution in [0.15, 0.2) is 36.5 Å². The Bertz CT molecular complexity index is 1250. The molecule has 0 unspecified atom stereocenters. The monoisotopic (exact) mass is 473 g/mol. The minimum atomic E-state index is 0.00707. The van der Waals surface area contributed by atoms with E-state index in [0.29, 0.717) is 13.1 Å². The van der Waals surface area contributed by atoms with Crippen molar-refractivity contribution in [2.75, 3.05) is 28.8 Å². The van der Waals surface area contributed by atoms with Crippen molar-refractivity contribution in [1.82, 2.24) is 19.7 Å². The zero-order valence-corrected chi connectivity index (χ0v) is 20.3. The van der Waals surface area contributed by atoms with Crippen LogP contribution >= 0.6 is 0 Å². The molecule has 0 bridgehead atoms. The van der Waals surface area contributed by atoms with Crippen molar-refractivity contribution in [3.63, 3.8) is 0 Å². The highest BCUT2D eigenvalue weighted by Crippen LogP contribution is 2.40. The van der Waals surface area contributed by atoms with Gasteiger partial charge in [0.15, 0.2) is 0 Å². The van der Waals surface area contributed by atoms with Crippen molar-refractivity contribution >= 4 is 28.8 Å². The highest BCUT2D eigenvalue weighted by Gasteiger charge is 2.33. The predicted molar refractivity (Wildman–Crippen MR) is 134 cm³/mol. The number of amides is 1. The number of carbonyl (C=O) groups is 1. The first-order valence-corrected chi connectivity index (χ1v) is 12.4. The number of hydrogen-bond acceptors (Lipinski definition) is 7. The van der Waals surface area contributed by atoms with Gasteiger partial charge in [-0.25, -0.2) is 14.6 Å². The quantitative estimate of drug-likeness (QED) is 0.619. The lowest BCUT2D eigenvalue weighted by molar-refractivity contribution is -0.124. The second-order valence-electron chi connectivity index (χ2n) is 9.69. The predicted octanol–water partition coefficient (Wildman–Crippen LogP) is 3.80. The van der Waals surface area contributed by atoms with Gasteiger partial charge in [-0.15, -0.1) is 0 Å². The van der Waals surface area contributed by atoms with Crippen LogP contribution < -0.4 is 15.1 Å². The first-order chi connectivity index (χ1) is 17.1. The smallest absolute Gasteiger partial charge is 0.230 e. The first-order valence-electron chi connectivity index (χ1n) is 12.4. The zero-order valence-electron chi connectivity index (χ0n) is 20.3. The SMILES string of the molecule is COC1CCC(C(=O)N2Cc3cccnc3Nc3ccc(N4CCn5nc(C)nc5C4)cc32)CC1. The molecule has 1 N–H and O–H groups in total. The summed E-state index contributed by atoms with van der Waals surface area (Å²) < 4.78 is 7.53. The summed E-state index contributed by atoms with van der Waals surface area (Å²) in [5.41, 5.74) is 3.91. The number of anilines is 4. The van der Waals surface area contributed by atoms with Crippen LogP contribution in [0.2, 0.25) is 0 Å². The summed E-state index contributed by atoms with van der Waals surface area (Å²) >= 11 is 0. The van der Waals surface area contributed by atoms with Crippen LogP contribution in [0, 0.1) is 12.8 Å². The zero-order chi connectivity index (χ0) is 23.9. The lowest BCUT2D eigenvalue weighted by Crippen LogP contribution is -2.38. The number of ether oxygens (including phenoxy) is 1. The van der Waals surface area contributed by atoms with E-state index in [0.717, 1.165) is 78.9 Å². The van der Waals surface area contributed by atoms with Crippen LogP contribution in [-0.2, 0) is 29.2 Å². The molecule has 3 aliphatic rings. The number of nitrogens with one attached hydrogen (secondary N) is 1. The molecule has 4 heterocycles. The number of carbonyl (C=O) groups excluding carboxylic acids is 1. The molecule has 1 saturated carbocycles. The minimum Gasteiger partial charge on any atom is -0.381 e. The van der Waals surface area contributed by atoms with Crippen LogP contribution in [0.3, 0.4) is 0 Å². The molecule has 35 heavy (non-hydrogen) atoms. The number of nitrogens with zero attached hydrogens (tertiary/aromatic N) is 6. The van der Waals surface area contributed by atoms with E-state index in [-0.39, 0.29) is 17.9 Å². The fourth-order valence-electron chi connectivity index (χ4n) is 5.55. The molecule has 0 radical (unpaired) electrons. The van der Waals surface area contributed by atoms with Crippen LogP contribution in [-0.4, -0.2) is 45.4 Å². The molecule has 182 valence electrons. The summed E-state index contributed by atoms with van der Waals surface area (Å²) in [4.78, 5) is 27.3. The number of methoxy groups -OCH3 is 1. The average Bonchev–Trinajstić information content (AvgIpc) is 3.18. The van der Waals surface area contributed by atoms with Crippen molar-refractivity contribution < 1.29 is 9.53 Å². The number of aromatic nitrogens is 4. The molecule has 2 aliphatic heterocycles. The van der Waals surface area contributed by atoms with Crippen molar-refractivity contribution in [2.24, 2.45) is 5.92 Å². The molecule has 9 heteroatoms. The number of pyridine rings is 1. The lowest BCUT2D eigenvalue weighted by atomic mass is 9.86. The Balaban J connectivity index is 1.34. The Morgan fingerprint density at radius 1 is 1.11 bits per heavy atom. The Morgan fingerprint density at radius 2 is 1.97 bits per heavy atom. The average molecular weight is 474 g/mol. The van der Waals surface area contributed by atoms with Crippen molar-refractivity contribution in [2.45, 2.75) is 58.3 Å². The fourth-order valence-corrected chi connectivity index (χ4v) is 5.55. The molecular formula is C26H31N7O2. The third kappa shape index (κ3) is 4.14. The normalized spacial score (nSPS) is 21.4. The second kappa shape index (κ2) is 8.96. The summed E-state index contributed by atoms with van der Waals surface area (Å²) in [6.07, 6.45) is 5.62. The van der Waals surface area contributed by atoms with Crippen LogP contribution in [0.25, 0.3) is 0 Å². The Hall–Kier alpha value is -3.46. The van der Waals surface area contributed by atoms with Crippen molar-refractivity contribution in [3.05, 3.63) is 53.7 Å². The molecular weight excluding hydrogens is 442 g/mol. The van der Waals surface area contributed by atoms with E-state index in [1.165, 1.54) is 0 Å². The summed E-state index contributed by atoms with van der Waals surface area (Å²) in [6, 6.07) is 10.3. The van der Waals surface area contributed by atoms with E-state index < -0.39 is 0 Å². The van der Waals surface area contributed by atoms with E-state index in [9.17, 15) is 4.79 Å². The van der Waals surface area contributed by atoms with Gasteiger partial charge in [0.2, 0.25) is 5.91 Å². The van der Waals surface area contributed by atoms with Gasteiger partial charge in [-0.2, -0.15) is 5.10 Å². The molecule has 1 amide bonds. The second-order valence-corrected chi connectivity index (χ2v) is 9.69. The standard InChI is InChI=1S/C26H31N7O2/c1-17-28-24-16-31(12-13-33(24)30-17)20-7-10-22-23(14-20)32(15-19-4-3-11-27-25(19)29-22)26(34)18-5-8-21(35-2)9-6-18/h3-4,7,10-11,14,18,21H,5-6,8-9,12-13,15-16H2,1-2H3,(H,27,29). The first kappa shape index (κ1) is 22.0. The molecule has 9 nitrogen and oxygen atoms in total. The van der Waals surface area contributed by atoms with E-state index in [1.807, 2.05) is 28.6 Å². The minimum absolute atomic E-state index is 0.00707. The molecule has 0 saturated heterocycles. The number of hydrogen-bond donors (Lipinski definition) is 1. The maximum Gasteiger partial charge on any atom is 0.230 e. The van der Waals surface area contributed by atoms with Gasteiger partial charge in [0.05, 0.1) is 37.1 Å². The topological polar surface area (TPSA) is 88.4 Å². The third-order valence-electron chi connectivity index (χ3n) is 7.50. The van der Waals surface area contributed by atoms with Gasteiger partial charge >= 0.3 is 0 Å².